The Balaban J connectivity index is 1.71. The summed E-state index contributed by atoms with van der Waals surface area (Å²) in [6.45, 7) is 2.51. The van der Waals surface area contributed by atoms with E-state index in [1.807, 2.05) is 91.7 Å². The number of rotatable bonds is 8. The molecule has 0 aliphatic heterocycles. The van der Waals surface area contributed by atoms with Crippen LogP contribution >= 0.6 is 0 Å². The molecule has 0 bridgehead atoms. The quantitative estimate of drug-likeness (QED) is 0.584. The second-order valence-corrected chi connectivity index (χ2v) is 7.18. The molecule has 0 fully saturated rings. The molecule has 1 amide bonds. The molecule has 0 heterocycles. The molecule has 0 saturated carbocycles. The number of hydrogen-bond donors (Lipinski definition) is 1. The van der Waals surface area contributed by atoms with E-state index in [9.17, 15) is 4.79 Å². The standard InChI is InChI=1S/C25H28N2O3/c1-18(27(2)17-19-14-15-23(29-3)24(16-19)30-4)25(28)26-22-13-9-8-12-21(22)20-10-6-5-7-11-20/h5-16,18H,17H2,1-4H3,(H,26,28)/t18-/m0/s1. The summed E-state index contributed by atoms with van der Waals surface area (Å²) < 4.78 is 10.7. The van der Waals surface area contributed by atoms with Crippen LogP contribution < -0.4 is 14.8 Å². The van der Waals surface area contributed by atoms with Crippen LogP contribution in [0.15, 0.2) is 72.8 Å². The maximum absolute atomic E-state index is 13.0. The van der Waals surface area contributed by atoms with Crippen LogP contribution in [0.25, 0.3) is 11.1 Å². The van der Waals surface area contributed by atoms with Crippen molar-refractivity contribution < 1.29 is 14.3 Å². The number of ether oxygens (including phenoxy) is 2. The van der Waals surface area contributed by atoms with Crippen molar-refractivity contribution in [3.63, 3.8) is 0 Å². The summed E-state index contributed by atoms with van der Waals surface area (Å²) in [7, 11) is 5.17. The average molecular weight is 405 g/mol. The van der Waals surface area contributed by atoms with Gasteiger partial charge in [0, 0.05) is 17.8 Å². The molecule has 3 aromatic carbocycles. The van der Waals surface area contributed by atoms with Crippen molar-refractivity contribution in [3.8, 4) is 22.6 Å². The zero-order valence-corrected chi connectivity index (χ0v) is 17.9. The van der Waals surface area contributed by atoms with E-state index in [0.717, 1.165) is 22.4 Å². The number of nitrogens with one attached hydrogen (secondary N) is 1. The van der Waals surface area contributed by atoms with Crippen LogP contribution in [0.2, 0.25) is 0 Å². The molecule has 5 heteroatoms. The van der Waals surface area contributed by atoms with Crippen LogP contribution in [0.3, 0.4) is 0 Å². The van der Waals surface area contributed by atoms with E-state index < -0.39 is 0 Å². The number of anilines is 1. The summed E-state index contributed by atoms with van der Waals surface area (Å²) in [4.78, 5) is 15.0. The van der Waals surface area contributed by atoms with Crippen LogP contribution in [-0.4, -0.2) is 38.1 Å². The Bertz CT molecular complexity index is 989. The fourth-order valence-corrected chi connectivity index (χ4v) is 3.30. The van der Waals surface area contributed by atoms with Gasteiger partial charge < -0.3 is 14.8 Å². The second-order valence-electron chi connectivity index (χ2n) is 7.18. The van der Waals surface area contributed by atoms with Gasteiger partial charge in [-0.05, 0) is 43.3 Å². The molecular formula is C25H28N2O3. The van der Waals surface area contributed by atoms with Gasteiger partial charge in [-0.1, -0.05) is 54.6 Å². The normalized spacial score (nSPS) is 11.8. The molecule has 5 nitrogen and oxygen atoms in total. The molecule has 1 atom stereocenters. The van der Waals surface area contributed by atoms with Crippen molar-refractivity contribution >= 4 is 11.6 Å². The molecule has 0 saturated heterocycles. The average Bonchev–Trinajstić information content (AvgIpc) is 2.79. The van der Waals surface area contributed by atoms with Crippen LogP contribution in [0, 0.1) is 0 Å². The topological polar surface area (TPSA) is 50.8 Å². The van der Waals surface area contributed by atoms with Gasteiger partial charge in [0.25, 0.3) is 0 Å². The number of nitrogens with zero attached hydrogens (tertiary/aromatic N) is 1. The lowest BCUT2D eigenvalue weighted by molar-refractivity contribution is -0.120. The predicted octanol–water partition coefficient (Wildman–Crippen LogP) is 4.83. The van der Waals surface area contributed by atoms with E-state index in [1.165, 1.54) is 0 Å². The van der Waals surface area contributed by atoms with Gasteiger partial charge in [-0.25, -0.2) is 0 Å². The molecule has 30 heavy (non-hydrogen) atoms. The highest BCUT2D eigenvalue weighted by Gasteiger charge is 2.20. The smallest absolute Gasteiger partial charge is 0.241 e. The largest absolute Gasteiger partial charge is 0.493 e. The first-order chi connectivity index (χ1) is 14.5. The number of para-hydroxylation sites is 1. The summed E-state index contributed by atoms with van der Waals surface area (Å²) >= 11 is 0. The fourth-order valence-electron chi connectivity index (χ4n) is 3.30. The number of methoxy groups -OCH3 is 2. The van der Waals surface area contributed by atoms with Crippen molar-refractivity contribution in [2.24, 2.45) is 0 Å². The first-order valence-corrected chi connectivity index (χ1v) is 9.90. The minimum atomic E-state index is -0.318. The summed E-state index contributed by atoms with van der Waals surface area (Å²) in [5.41, 5.74) is 3.92. The third-order valence-corrected chi connectivity index (χ3v) is 5.19. The van der Waals surface area contributed by atoms with Gasteiger partial charge in [0.2, 0.25) is 5.91 Å². The lowest BCUT2D eigenvalue weighted by atomic mass is 10.0. The van der Waals surface area contributed by atoms with Crippen LogP contribution in [-0.2, 0) is 11.3 Å². The molecule has 0 spiro atoms. The predicted molar refractivity (Wildman–Crippen MR) is 121 cm³/mol. The molecule has 0 aliphatic rings. The highest BCUT2D eigenvalue weighted by atomic mass is 16.5. The van der Waals surface area contributed by atoms with Crippen molar-refractivity contribution in [3.05, 3.63) is 78.4 Å². The second kappa shape index (κ2) is 9.94. The third kappa shape index (κ3) is 4.99. The van der Waals surface area contributed by atoms with E-state index in [4.69, 9.17) is 9.47 Å². The Morgan fingerprint density at radius 1 is 0.933 bits per heavy atom. The van der Waals surface area contributed by atoms with E-state index in [0.29, 0.717) is 18.0 Å². The molecule has 0 radical (unpaired) electrons. The first kappa shape index (κ1) is 21.4. The van der Waals surface area contributed by atoms with Gasteiger partial charge in [0.15, 0.2) is 11.5 Å². The van der Waals surface area contributed by atoms with Gasteiger partial charge in [0.05, 0.1) is 20.3 Å². The van der Waals surface area contributed by atoms with Gasteiger partial charge in [-0.15, -0.1) is 0 Å². The van der Waals surface area contributed by atoms with Crippen molar-refractivity contribution in [1.29, 1.82) is 0 Å². The highest BCUT2D eigenvalue weighted by molar-refractivity contribution is 5.98. The van der Waals surface area contributed by atoms with Crippen molar-refractivity contribution in [1.82, 2.24) is 4.90 Å². The van der Waals surface area contributed by atoms with Crippen LogP contribution in [0.1, 0.15) is 12.5 Å². The maximum atomic E-state index is 13.0. The van der Waals surface area contributed by atoms with E-state index in [2.05, 4.69) is 5.32 Å². The van der Waals surface area contributed by atoms with Crippen LogP contribution in [0.5, 0.6) is 11.5 Å². The molecule has 3 rings (SSSR count). The monoisotopic (exact) mass is 404 g/mol. The first-order valence-electron chi connectivity index (χ1n) is 9.90. The van der Waals surface area contributed by atoms with Gasteiger partial charge >= 0.3 is 0 Å². The third-order valence-electron chi connectivity index (χ3n) is 5.19. The lowest BCUT2D eigenvalue weighted by Crippen LogP contribution is -2.39. The SMILES string of the molecule is COc1ccc(CN(C)[C@@H](C)C(=O)Nc2ccccc2-c2ccccc2)cc1OC. The summed E-state index contributed by atoms with van der Waals surface area (Å²) in [6.07, 6.45) is 0. The van der Waals surface area contributed by atoms with Crippen molar-refractivity contribution in [2.45, 2.75) is 19.5 Å². The molecular weight excluding hydrogens is 376 g/mol. The highest BCUT2D eigenvalue weighted by Crippen LogP contribution is 2.29. The molecule has 0 unspecified atom stereocenters. The molecule has 3 aromatic rings. The molecule has 0 aliphatic carbocycles. The Labute approximate surface area is 178 Å². The summed E-state index contributed by atoms with van der Waals surface area (Å²) in [6, 6.07) is 23.4. The van der Waals surface area contributed by atoms with Gasteiger partial charge in [-0.2, -0.15) is 0 Å². The van der Waals surface area contributed by atoms with Crippen molar-refractivity contribution in [2.75, 3.05) is 26.6 Å². The number of carbonyl (C=O) groups excluding carboxylic acids is 1. The fraction of sp³-hybridized carbons (Fsp3) is 0.240. The Kier molecular flexibility index (Phi) is 7.09. The lowest BCUT2D eigenvalue weighted by Gasteiger charge is -2.25. The van der Waals surface area contributed by atoms with Gasteiger partial charge in [0.1, 0.15) is 0 Å². The van der Waals surface area contributed by atoms with E-state index in [-0.39, 0.29) is 11.9 Å². The molecule has 0 aromatic heterocycles. The number of amides is 1. The Morgan fingerprint density at radius 3 is 2.30 bits per heavy atom. The van der Waals surface area contributed by atoms with Crippen LogP contribution in [0.4, 0.5) is 5.69 Å². The number of hydrogen-bond acceptors (Lipinski definition) is 4. The van der Waals surface area contributed by atoms with E-state index >= 15 is 0 Å². The number of benzene rings is 3. The Morgan fingerprint density at radius 2 is 1.60 bits per heavy atom. The number of carbonyl (C=O) groups is 1. The molecule has 156 valence electrons. The Hall–Kier alpha value is -3.31. The molecule has 1 N–H and O–H groups in total. The zero-order chi connectivity index (χ0) is 21.5. The summed E-state index contributed by atoms with van der Waals surface area (Å²) in [5, 5.41) is 3.09. The summed E-state index contributed by atoms with van der Waals surface area (Å²) in [5.74, 6) is 1.31. The van der Waals surface area contributed by atoms with E-state index in [1.54, 1.807) is 14.2 Å². The minimum Gasteiger partial charge on any atom is -0.493 e. The maximum Gasteiger partial charge on any atom is 0.241 e. The number of likely N-dealkylation sites (N-methyl/N-ethyl adjacent to an activating group) is 1. The zero-order valence-electron chi connectivity index (χ0n) is 17.9. The van der Waals surface area contributed by atoms with Gasteiger partial charge in [-0.3, -0.25) is 9.69 Å². The minimum absolute atomic E-state index is 0.0543.